The molecule has 0 saturated carbocycles. The number of hydrogen-bond acceptors (Lipinski definition) is 4. The van der Waals surface area contributed by atoms with Crippen LogP contribution in [-0.2, 0) is 9.78 Å². The summed E-state index contributed by atoms with van der Waals surface area (Å²) in [5.74, 6) is 0. The zero-order valence-corrected chi connectivity index (χ0v) is 12.8. The molecule has 0 fully saturated rings. The fourth-order valence-corrected chi connectivity index (χ4v) is 0.437. The lowest BCUT2D eigenvalue weighted by atomic mass is 9.98. The molecule has 0 atom stereocenters. The van der Waals surface area contributed by atoms with Gasteiger partial charge >= 0.3 is 12.3 Å². The summed E-state index contributed by atoms with van der Waals surface area (Å²) in [6, 6.07) is 0. The molecule has 4 N–H and O–H groups in total. The lowest BCUT2D eigenvalue weighted by Crippen LogP contribution is -2.19. The van der Waals surface area contributed by atoms with Gasteiger partial charge in [-0.15, -0.1) is 0 Å². The maximum atomic E-state index is 8.56. The summed E-state index contributed by atoms with van der Waals surface area (Å²) in [4.78, 5) is 27.3. The normalized spacial score (nSPS) is 10.5. The molecule has 0 rings (SSSR count). The molecule has 8 nitrogen and oxygen atoms in total. The van der Waals surface area contributed by atoms with Crippen LogP contribution in [0, 0.1) is 10.8 Å². The minimum absolute atomic E-state index is 0.178. The van der Waals surface area contributed by atoms with Crippen LogP contribution in [0.4, 0.5) is 9.59 Å². The molecule has 0 aliphatic carbocycles. The molecule has 122 valence electrons. The first-order valence-corrected chi connectivity index (χ1v) is 5.75. The van der Waals surface area contributed by atoms with E-state index in [0.29, 0.717) is 13.2 Å². The Hall–Kier alpha value is -1.54. The molecule has 20 heavy (non-hydrogen) atoms. The summed E-state index contributed by atoms with van der Waals surface area (Å²) in [7, 11) is 0. The van der Waals surface area contributed by atoms with Gasteiger partial charge < -0.3 is 20.4 Å². The zero-order chi connectivity index (χ0) is 17.0. The standard InChI is InChI=1S/C10H22O2.2CH2O3/c1-9(2,3)7-11-12-8-10(4,5)6;2*2-1(3)4/h7-8H2,1-6H3;2*(H2,2,3,4). The molecule has 0 aliphatic heterocycles. The van der Waals surface area contributed by atoms with E-state index in [2.05, 4.69) is 41.5 Å². The highest BCUT2D eigenvalue weighted by Crippen LogP contribution is 2.16. The van der Waals surface area contributed by atoms with E-state index in [1.165, 1.54) is 0 Å². The Labute approximate surface area is 118 Å². The smallest absolute Gasteiger partial charge is 0.450 e. The number of carbonyl (C=O) groups is 2. The molecule has 0 amide bonds. The van der Waals surface area contributed by atoms with Crippen LogP contribution < -0.4 is 0 Å². The molecule has 0 unspecified atom stereocenters. The van der Waals surface area contributed by atoms with Crippen molar-refractivity contribution in [2.24, 2.45) is 10.8 Å². The molecular formula is C12H26O8. The van der Waals surface area contributed by atoms with Crippen LogP contribution >= 0.6 is 0 Å². The van der Waals surface area contributed by atoms with Crippen molar-refractivity contribution < 1.29 is 39.8 Å². The monoisotopic (exact) mass is 298 g/mol. The summed E-state index contributed by atoms with van der Waals surface area (Å²) in [6.45, 7) is 14.0. The minimum Gasteiger partial charge on any atom is -0.450 e. The van der Waals surface area contributed by atoms with Crippen molar-refractivity contribution in [3.05, 3.63) is 0 Å². The zero-order valence-electron chi connectivity index (χ0n) is 12.8. The van der Waals surface area contributed by atoms with Crippen molar-refractivity contribution in [3.63, 3.8) is 0 Å². The Balaban J connectivity index is -0.000000297. The quantitative estimate of drug-likeness (QED) is 0.353. The fourth-order valence-electron chi connectivity index (χ4n) is 0.437. The van der Waals surface area contributed by atoms with E-state index in [9.17, 15) is 0 Å². The van der Waals surface area contributed by atoms with E-state index in [-0.39, 0.29) is 10.8 Å². The Kier molecular flexibility index (Phi) is 13.3. The van der Waals surface area contributed by atoms with Gasteiger partial charge in [0, 0.05) is 0 Å². The van der Waals surface area contributed by atoms with Crippen molar-refractivity contribution in [1.82, 2.24) is 0 Å². The average molecular weight is 298 g/mol. The molecule has 0 heterocycles. The third-order valence-electron chi connectivity index (χ3n) is 1.07. The highest BCUT2D eigenvalue weighted by Gasteiger charge is 2.13. The van der Waals surface area contributed by atoms with Gasteiger partial charge in [0.05, 0.1) is 13.2 Å². The largest absolute Gasteiger partial charge is 0.503 e. The molecule has 0 radical (unpaired) electrons. The predicted octanol–water partition coefficient (Wildman–Crippen LogP) is 3.47. The topological polar surface area (TPSA) is 134 Å². The fraction of sp³-hybridized carbons (Fsp3) is 0.833. The van der Waals surface area contributed by atoms with Crippen LogP contribution in [0.25, 0.3) is 0 Å². The van der Waals surface area contributed by atoms with E-state index < -0.39 is 12.3 Å². The van der Waals surface area contributed by atoms with Gasteiger partial charge in [-0.3, -0.25) is 0 Å². The second-order valence-electron chi connectivity index (χ2n) is 6.21. The predicted molar refractivity (Wildman–Crippen MR) is 72.1 cm³/mol. The van der Waals surface area contributed by atoms with Gasteiger partial charge in [0.15, 0.2) is 0 Å². The number of rotatable bonds is 3. The van der Waals surface area contributed by atoms with Gasteiger partial charge in [0.1, 0.15) is 0 Å². The Morgan fingerprint density at radius 1 is 0.700 bits per heavy atom. The van der Waals surface area contributed by atoms with E-state index >= 15 is 0 Å². The van der Waals surface area contributed by atoms with Gasteiger partial charge in [0.2, 0.25) is 0 Å². The van der Waals surface area contributed by atoms with Crippen LogP contribution in [0.5, 0.6) is 0 Å². The molecule has 8 heteroatoms. The number of carboxylic acid groups (broad SMARTS) is 4. The van der Waals surface area contributed by atoms with E-state index in [1.807, 2.05) is 0 Å². The molecule has 0 aromatic heterocycles. The first-order chi connectivity index (χ1) is 8.67. The molecule has 0 aromatic rings. The third kappa shape index (κ3) is 70.7. The Morgan fingerprint density at radius 2 is 0.850 bits per heavy atom. The summed E-state index contributed by atoms with van der Waals surface area (Å²) >= 11 is 0. The Bertz CT molecular complexity index is 226. The summed E-state index contributed by atoms with van der Waals surface area (Å²) in [5.41, 5.74) is 0.357. The molecule has 0 bridgehead atoms. The first-order valence-electron chi connectivity index (χ1n) is 5.75. The van der Waals surface area contributed by atoms with Crippen molar-refractivity contribution >= 4 is 12.3 Å². The molecular weight excluding hydrogens is 272 g/mol. The van der Waals surface area contributed by atoms with E-state index in [0.717, 1.165) is 0 Å². The van der Waals surface area contributed by atoms with Gasteiger partial charge in [-0.2, -0.15) is 0 Å². The van der Waals surface area contributed by atoms with Crippen molar-refractivity contribution in [1.29, 1.82) is 0 Å². The maximum absolute atomic E-state index is 8.56. The van der Waals surface area contributed by atoms with Gasteiger partial charge in [0.25, 0.3) is 0 Å². The van der Waals surface area contributed by atoms with Crippen LogP contribution in [-0.4, -0.2) is 46.0 Å². The van der Waals surface area contributed by atoms with E-state index in [4.69, 9.17) is 39.8 Å². The molecule has 0 aromatic carbocycles. The summed E-state index contributed by atoms with van der Waals surface area (Å²) < 4.78 is 0. The highest BCUT2D eigenvalue weighted by atomic mass is 17.2. The molecule has 0 spiro atoms. The third-order valence-corrected chi connectivity index (χ3v) is 1.07. The Morgan fingerprint density at radius 3 is 0.950 bits per heavy atom. The van der Waals surface area contributed by atoms with Crippen LogP contribution in [0.3, 0.4) is 0 Å². The molecule has 0 saturated heterocycles. The van der Waals surface area contributed by atoms with Crippen LogP contribution in [0.2, 0.25) is 0 Å². The lowest BCUT2D eigenvalue weighted by molar-refractivity contribution is -0.318. The average Bonchev–Trinajstić information content (AvgIpc) is 2.07. The maximum Gasteiger partial charge on any atom is 0.503 e. The second kappa shape index (κ2) is 11.3. The van der Waals surface area contributed by atoms with Crippen molar-refractivity contribution in [2.75, 3.05) is 13.2 Å². The van der Waals surface area contributed by atoms with Crippen LogP contribution in [0.15, 0.2) is 0 Å². The summed E-state index contributed by atoms with van der Waals surface area (Å²) in [5, 5.41) is 27.9. The second-order valence-corrected chi connectivity index (χ2v) is 6.21. The minimum atomic E-state index is -1.83. The van der Waals surface area contributed by atoms with Crippen molar-refractivity contribution in [3.8, 4) is 0 Å². The number of hydrogen-bond donors (Lipinski definition) is 4. The van der Waals surface area contributed by atoms with Crippen LogP contribution in [0.1, 0.15) is 41.5 Å². The highest BCUT2D eigenvalue weighted by molar-refractivity contribution is 5.53. The van der Waals surface area contributed by atoms with Crippen molar-refractivity contribution in [2.45, 2.75) is 41.5 Å². The lowest BCUT2D eigenvalue weighted by Gasteiger charge is -2.20. The first kappa shape index (κ1) is 23.5. The summed E-state index contributed by atoms with van der Waals surface area (Å²) in [6.07, 6.45) is -3.67. The van der Waals surface area contributed by atoms with Gasteiger partial charge in [-0.25, -0.2) is 19.4 Å². The molecule has 0 aliphatic rings. The SMILES string of the molecule is CC(C)(C)COOCC(C)(C)C.O=C(O)O.O=C(O)O. The van der Waals surface area contributed by atoms with Gasteiger partial charge in [-0.05, 0) is 10.8 Å². The van der Waals surface area contributed by atoms with Gasteiger partial charge in [-0.1, -0.05) is 41.5 Å². The van der Waals surface area contributed by atoms with E-state index in [1.54, 1.807) is 0 Å².